The van der Waals surface area contributed by atoms with Crippen molar-refractivity contribution in [3.8, 4) is 5.75 Å². The highest BCUT2D eigenvalue weighted by molar-refractivity contribution is 5.85. The van der Waals surface area contributed by atoms with Crippen molar-refractivity contribution in [2.24, 2.45) is 0 Å². The van der Waals surface area contributed by atoms with Gasteiger partial charge in [0.2, 0.25) is 0 Å². The molecule has 0 aliphatic heterocycles. The number of aromatic nitrogens is 2. The van der Waals surface area contributed by atoms with E-state index in [9.17, 15) is 4.79 Å². The van der Waals surface area contributed by atoms with Crippen molar-refractivity contribution in [3.05, 3.63) is 42.0 Å². The first-order chi connectivity index (χ1) is 7.77. The number of hydrogen-bond donors (Lipinski definition) is 1. The van der Waals surface area contributed by atoms with E-state index in [4.69, 9.17) is 9.84 Å². The Morgan fingerprint density at radius 1 is 1.50 bits per heavy atom. The number of ether oxygens (including phenoxy) is 1. The summed E-state index contributed by atoms with van der Waals surface area (Å²) in [5.41, 5.74) is 0.386. The van der Waals surface area contributed by atoms with E-state index in [1.54, 1.807) is 18.3 Å². The van der Waals surface area contributed by atoms with Crippen LogP contribution in [-0.4, -0.2) is 21.2 Å². The lowest BCUT2D eigenvalue weighted by atomic mass is 10.3. The predicted molar refractivity (Wildman–Crippen MR) is 52.0 cm³/mol. The Hall–Kier alpha value is -2.37. The second kappa shape index (κ2) is 4.43. The molecule has 0 amide bonds. The van der Waals surface area contributed by atoms with Crippen molar-refractivity contribution in [3.63, 3.8) is 0 Å². The Morgan fingerprint density at radius 2 is 2.38 bits per heavy atom. The van der Waals surface area contributed by atoms with Crippen LogP contribution < -0.4 is 4.74 Å². The minimum absolute atomic E-state index is 0.0802. The maximum atomic E-state index is 10.7. The Balaban J connectivity index is 2.05. The monoisotopic (exact) mass is 220 g/mol. The molecule has 2 rings (SSSR count). The Bertz CT molecular complexity index is 481. The van der Waals surface area contributed by atoms with Crippen LogP contribution in [0.1, 0.15) is 16.1 Å². The molecule has 0 radical (unpaired) electrons. The van der Waals surface area contributed by atoms with Gasteiger partial charge in [-0.25, -0.2) is 4.79 Å². The Morgan fingerprint density at radius 3 is 3.06 bits per heavy atom. The fraction of sp³-hybridized carbons (Fsp3) is 0.100. The van der Waals surface area contributed by atoms with E-state index in [1.165, 1.54) is 12.4 Å². The quantitative estimate of drug-likeness (QED) is 0.836. The third-order valence-corrected chi connectivity index (χ3v) is 1.87. The third kappa shape index (κ3) is 2.17. The highest BCUT2D eigenvalue weighted by atomic mass is 16.5. The zero-order valence-electron chi connectivity index (χ0n) is 8.16. The van der Waals surface area contributed by atoms with Gasteiger partial charge in [-0.1, -0.05) is 5.16 Å². The van der Waals surface area contributed by atoms with Crippen LogP contribution in [0.25, 0.3) is 0 Å². The maximum Gasteiger partial charge on any atom is 0.375 e. The van der Waals surface area contributed by atoms with E-state index in [0.29, 0.717) is 11.3 Å². The number of pyridine rings is 1. The number of carbonyl (C=O) groups is 1. The summed E-state index contributed by atoms with van der Waals surface area (Å²) in [5.74, 6) is -0.814. The minimum Gasteiger partial charge on any atom is -0.487 e. The molecule has 6 heteroatoms. The van der Waals surface area contributed by atoms with Gasteiger partial charge in [0.05, 0.1) is 18.0 Å². The van der Waals surface area contributed by atoms with Crippen molar-refractivity contribution >= 4 is 5.97 Å². The molecule has 1 N–H and O–H groups in total. The lowest BCUT2D eigenvalue weighted by molar-refractivity contribution is 0.0648. The largest absolute Gasteiger partial charge is 0.487 e. The molecule has 2 heterocycles. The van der Waals surface area contributed by atoms with Crippen molar-refractivity contribution < 1.29 is 19.2 Å². The summed E-state index contributed by atoms with van der Waals surface area (Å²) in [6, 6.07) is 3.45. The smallest absolute Gasteiger partial charge is 0.375 e. The van der Waals surface area contributed by atoms with Gasteiger partial charge in [-0.15, -0.1) is 0 Å². The molecule has 0 unspecified atom stereocenters. The molecule has 2 aromatic heterocycles. The second-order valence-corrected chi connectivity index (χ2v) is 2.96. The van der Waals surface area contributed by atoms with Crippen LogP contribution >= 0.6 is 0 Å². The fourth-order valence-corrected chi connectivity index (χ4v) is 1.13. The highest BCUT2D eigenvalue weighted by Gasteiger charge is 2.15. The molecule has 0 aliphatic carbocycles. The first-order valence-corrected chi connectivity index (χ1v) is 4.47. The Labute approximate surface area is 90.5 Å². The number of rotatable bonds is 4. The zero-order chi connectivity index (χ0) is 11.4. The molecule has 0 saturated heterocycles. The van der Waals surface area contributed by atoms with Crippen LogP contribution in [-0.2, 0) is 6.61 Å². The number of aromatic carboxylic acids is 1. The second-order valence-electron chi connectivity index (χ2n) is 2.96. The lowest BCUT2D eigenvalue weighted by Gasteiger charge is -2.02. The Kier molecular flexibility index (Phi) is 2.81. The highest BCUT2D eigenvalue weighted by Crippen LogP contribution is 2.13. The van der Waals surface area contributed by atoms with Gasteiger partial charge >= 0.3 is 5.97 Å². The first-order valence-electron chi connectivity index (χ1n) is 4.47. The van der Waals surface area contributed by atoms with Crippen LogP contribution in [0.15, 0.2) is 35.2 Å². The van der Waals surface area contributed by atoms with E-state index in [1.807, 2.05) is 0 Å². The molecule has 0 atom stereocenters. The molecular formula is C10H8N2O4. The van der Waals surface area contributed by atoms with Crippen LogP contribution in [0.5, 0.6) is 5.75 Å². The van der Waals surface area contributed by atoms with Crippen molar-refractivity contribution in [1.29, 1.82) is 0 Å². The SMILES string of the molecule is O=C(O)c1oncc1COc1cccnc1. The maximum absolute atomic E-state index is 10.7. The van der Waals surface area contributed by atoms with Crippen LogP contribution in [0.3, 0.4) is 0 Å². The number of carboxylic acids is 1. The standard InChI is InChI=1S/C10H8N2O4/c13-10(14)9-7(4-12-16-9)6-15-8-2-1-3-11-5-8/h1-5H,6H2,(H,13,14). The van der Waals surface area contributed by atoms with Crippen LogP contribution in [0.2, 0.25) is 0 Å². The van der Waals surface area contributed by atoms with Crippen LogP contribution in [0, 0.1) is 0 Å². The molecule has 0 aromatic carbocycles. The number of carboxylic acid groups (broad SMARTS) is 1. The van der Waals surface area contributed by atoms with Gasteiger partial charge in [0, 0.05) is 6.20 Å². The fourth-order valence-electron chi connectivity index (χ4n) is 1.13. The molecule has 0 fully saturated rings. The predicted octanol–water partition coefficient (Wildman–Crippen LogP) is 1.35. The van der Waals surface area contributed by atoms with Gasteiger partial charge in [-0.05, 0) is 12.1 Å². The molecule has 0 aliphatic rings. The summed E-state index contributed by atoms with van der Waals surface area (Å²) >= 11 is 0. The molecule has 0 saturated carbocycles. The average Bonchev–Trinajstić information content (AvgIpc) is 2.76. The zero-order valence-corrected chi connectivity index (χ0v) is 8.16. The molecule has 82 valence electrons. The van der Waals surface area contributed by atoms with E-state index >= 15 is 0 Å². The number of nitrogens with zero attached hydrogens (tertiary/aromatic N) is 2. The van der Waals surface area contributed by atoms with Gasteiger partial charge in [0.15, 0.2) is 0 Å². The third-order valence-electron chi connectivity index (χ3n) is 1.87. The van der Waals surface area contributed by atoms with Crippen LogP contribution in [0.4, 0.5) is 0 Å². The summed E-state index contributed by atoms with van der Waals surface area (Å²) in [5, 5.41) is 12.2. The minimum atomic E-state index is -1.16. The summed E-state index contributed by atoms with van der Waals surface area (Å²) in [6.45, 7) is 0.0802. The van der Waals surface area contributed by atoms with Gasteiger partial charge < -0.3 is 14.4 Å². The molecule has 2 aromatic rings. The van der Waals surface area contributed by atoms with Crippen molar-refractivity contribution in [2.75, 3.05) is 0 Å². The van der Waals surface area contributed by atoms with Gasteiger partial charge in [-0.2, -0.15) is 0 Å². The van der Waals surface area contributed by atoms with Crippen molar-refractivity contribution in [1.82, 2.24) is 10.1 Å². The average molecular weight is 220 g/mol. The summed E-state index contributed by atoms with van der Waals surface area (Å²) in [4.78, 5) is 14.6. The number of hydrogen-bond acceptors (Lipinski definition) is 5. The van der Waals surface area contributed by atoms with E-state index < -0.39 is 5.97 Å². The molecule has 0 bridgehead atoms. The van der Waals surface area contributed by atoms with E-state index in [-0.39, 0.29) is 12.4 Å². The summed E-state index contributed by atoms with van der Waals surface area (Å²) in [6.07, 6.45) is 4.47. The normalized spacial score (nSPS) is 10.0. The topological polar surface area (TPSA) is 85.5 Å². The van der Waals surface area contributed by atoms with E-state index in [2.05, 4.69) is 14.7 Å². The lowest BCUT2D eigenvalue weighted by Crippen LogP contribution is -2.02. The molecular weight excluding hydrogens is 212 g/mol. The van der Waals surface area contributed by atoms with Gasteiger partial charge in [-0.3, -0.25) is 4.98 Å². The molecule has 0 spiro atoms. The molecule has 16 heavy (non-hydrogen) atoms. The summed E-state index contributed by atoms with van der Waals surface area (Å²) < 4.78 is 9.88. The van der Waals surface area contributed by atoms with Crippen molar-refractivity contribution in [2.45, 2.75) is 6.61 Å². The molecule has 6 nitrogen and oxygen atoms in total. The van der Waals surface area contributed by atoms with Gasteiger partial charge in [0.1, 0.15) is 12.4 Å². The first kappa shape index (κ1) is 10.2. The van der Waals surface area contributed by atoms with E-state index in [0.717, 1.165) is 0 Å². The summed E-state index contributed by atoms with van der Waals surface area (Å²) in [7, 11) is 0. The van der Waals surface area contributed by atoms with Gasteiger partial charge in [0.25, 0.3) is 5.76 Å².